The lowest BCUT2D eigenvalue weighted by molar-refractivity contribution is 0.128. The molecule has 0 aliphatic heterocycles. The van der Waals surface area contributed by atoms with Gasteiger partial charge in [0.05, 0.1) is 5.69 Å². The molecule has 114 valence electrons. The highest BCUT2D eigenvalue weighted by atomic mass is 16.3. The van der Waals surface area contributed by atoms with Gasteiger partial charge in [0, 0.05) is 49.3 Å². The molecule has 1 aliphatic rings. The third-order valence-corrected chi connectivity index (χ3v) is 4.43. The molecule has 1 heterocycles. The summed E-state index contributed by atoms with van der Waals surface area (Å²) in [6, 6.07) is 0. The molecule has 1 aliphatic carbocycles. The molecule has 4 heteroatoms. The molecule has 0 radical (unpaired) electrons. The Morgan fingerprint density at radius 3 is 2.55 bits per heavy atom. The normalized spacial score (nSPS) is 18.6. The first kappa shape index (κ1) is 15.5. The summed E-state index contributed by atoms with van der Waals surface area (Å²) in [6.45, 7) is 8.64. The van der Waals surface area contributed by atoms with E-state index >= 15 is 0 Å². The number of hydrogen-bond acceptors (Lipinski definition) is 3. The van der Waals surface area contributed by atoms with Crippen LogP contribution in [0.15, 0.2) is 6.20 Å². The Morgan fingerprint density at radius 1 is 1.35 bits per heavy atom. The van der Waals surface area contributed by atoms with Gasteiger partial charge in [0.2, 0.25) is 0 Å². The van der Waals surface area contributed by atoms with E-state index in [0.717, 1.165) is 31.6 Å². The monoisotopic (exact) mass is 279 g/mol. The van der Waals surface area contributed by atoms with Crippen LogP contribution in [0, 0.1) is 5.41 Å². The Kier molecular flexibility index (Phi) is 4.55. The van der Waals surface area contributed by atoms with Crippen molar-refractivity contribution in [3.63, 3.8) is 0 Å². The fourth-order valence-corrected chi connectivity index (χ4v) is 3.28. The van der Waals surface area contributed by atoms with Gasteiger partial charge in [-0.25, -0.2) is 0 Å². The van der Waals surface area contributed by atoms with Crippen molar-refractivity contribution >= 4 is 0 Å². The second kappa shape index (κ2) is 5.86. The van der Waals surface area contributed by atoms with Gasteiger partial charge in [-0.3, -0.25) is 4.68 Å². The Morgan fingerprint density at radius 2 is 2.00 bits per heavy atom. The minimum Gasteiger partial charge on any atom is -0.396 e. The molecule has 1 aromatic rings. The summed E-state index contributed by atoms with van der Waals surface area (Å²) >= 11 is 0. The maximum Gasteiger partial charge on any atom is 0.0722 e. The standard InChI is InChI=1S/C16H29N3O/c1-15(2,3)14-13(10-19(4)18-14)9-17-11-16(12-20)7-5-6-8-16/h10,17,20H,5-9,11-12H2,1-4H3. The Labute approximate surface area is 122 Å². The Balaban J connectivity index is 1.97. The van der Waals surface area contributed by atoms with Crippen LogP contribution in [0.25, 0.3) is 0 Å². The second-order valence-corrected chi connectivity index (χ2v) is 7.40. The molecule has 0 atom stereocenters. The number of aromatic nitrogens is 2. The Bertz CT molecular complexity index is 439. The summed E-state index contributed by atoms with van der Waals surface area (Å²) in [5, 5.41) is 17.8. The van der Waals surface area contributed by atoms with E-state index in [1.807, 2.05) is 11.7 Å². The van der Waals surface area contributed by atoms with Crippen LogP contribution < -0.4 is 5.32 Å². The van der Waals surface area contributed by atoms with E-state index in [1.54, 1.807) is 0 Å². The molecule has 1 fully saturated rings. The van der Waals surface area contributed by atoms with Crippen LogP contribution in [-0.4, -0.2) is 28.0 Å². The highest BCUT2D eigenvalue weighted by molar-refractivity contribution is 5.23. The summed E-state index contributed by atoms with van der Waals surface area (Å²) in [6.07, 6.45) is 6.91. The van der Waals surface area contributed by atoms with Gasteiger partial charge in [0.1, 0.15) is 0 Å². The van der Waals surface area contributed by atoms with E-state index in [4.69, 9.17) is 0 Å². The molecule has 2 N–H and O–H groups in total. The molecule has 2 rings (SSSR count). The van der Waals surface area contributed by atoms with Gasteiger partial charge >= 0.3 is 0 Å². The smallest absolute Gasteiger partial charge is 0.0722 e. The van der Waals surface area contributed by atoms with Crippen LogP contribution in [0.2, 0.25) is 0 Å². The predicted molar refractivity (Wildman–Crippen MR) is 81.6 cm³/mol. The van der Waals surface area contributed by atoms with Crippen molar-refractivity contribution in [2.75, 3.05) is 13.2 Å². The van der Waals surface area contributed by atoms with Crippen LogP contribution >= 0.6 is 0 Å². The van der Waals surface area contributed by atoms with Crippen molar-refractivity contribution in [3.05, 3.63) is 17.5 Å². The quantitative estimate of drug-likeness (QED) is 0.870. The highest BCUT2D eigenvalue weighted by Crippen LogP contribution is 2.37. The molecule has 1 aromatic heterocycles. The molecule has 4 nitrogen and oxygen atoms in total. The molecular weight excluding hydrogens is 250 g/mol. The van der Waals surface area contributed by atoms with Crippen molar-refractivity contribution in [1.82, 2.24) is 15.1 Å². The van der Waals surface area contributed by atoms with Gasteiger partial charge in [-0.05, 0) is 12.8 Å². The third-order valence-electron chi connectivity index (χ3n) is 4.43. The molecule has 0 spiro atoms. The van der Waals surface area contributed by atoms with Crippen molar-refractivity contribution in [3.8, 4) is 0 Å². The zero-order chi connectivity index (χ0) is 14.8. The second-order valence-electron chi connectivity index (χ2n) is 7.40. The van der Waals surface area contributed by atoms with Gasteiger partial charge in [-0.2, -0.15) is 5.10 Å². The number of aliphatic hydroxyl groups excluding tert-OH is 1. The topological polar surface area (TPSA) is 50.1 Å². The van der Waals surface area contributed by atoms with Gasteiger partial charge in [0.25, 0.3) is 0 Å². The first-order valence-corrected chi connectivity index (χ1v) is 7.71. The average Bonchev–Trinajstić information content (AvgIpc) is 2.96. The summed E-state index contributed by atoms with van der Waals surface area (Å²) < 4.78 is 1.90. The first-order valence-electron chi connectivity index (χ1n) is 7.71. The van der Waals surface area contributed by atoms with Gasteiger partial charge in [0.15, 0.2) is 0 Å². The van der Waals surface area contributed by atoms with Crippen molar-refractivity contribution in [2.24, 2.45) is 12.5 Å². The van der Waals surface area contributed by atoms with E-state index in [2.05, 4.69) is 37.4 Å². The number of aliphatic hydroxyl groups is 1. The van der Waals surface area contributed by atoms with E-state index in [1.165, 1.54) is 18.4 Å². The van der Waals surface area contributed by atoms with Gasteiger partial charge in [-0.1, -0.05) is 33.6 Å². The van der Waals surface area contributed by atoms with E-state index in [0.29, 0.717) is 6.61 Å². The van der Waals surface area contributed by atoms with Crippen LogP contribution in [0.4, 0.5) is 0 Å². The molecule has 0 unspecified atom stereocenters. The summed E-state index contributed by atoms with van der Waals surface area (Å²) in [5.41, 5.74) is 2.62. The number of rotatable bonds is 5. The lowest BCUT2D eigenvalue weighted by Crippen LogP contribution is -2.35. The SMILES string of the molecule is Cn1cc(CNCC2(CO)CCCC2)c(C(C)(C)C)n1. The van der Waals surface area contributed by atoms with Crippen LogP contribution in [0.5, 0.6) is 0 Å². The average molecular weight is 279 g/mol. The zero-order valence-electron chi connectivity index (χ0n) is 13.4. The fraction of sp³-hybridized carbons (Fsp3) is 0.812. The van der Waals surface area contributed by atoms with Gasteiger partial charge < -0.3 is 10.4 Å². The lowest BCUT2D eigenvalue weighted by Gasteiger charge is -2.27. The number of nitrogens with zero attached hydrogens (tertiary/aromatic N) is 2. The predicted octanol–water partition coefficient (Wildman–Crippen LogP) is 2.36. The van der Waals surface area contributed by atoms with Crippen molar-refractivity contribution < 1.29 is 5.11 Å². The molecule has 0 saturated heterocycles. The zero-order valence-corrected chi connectivity index (χ0v) is 13.4. The number of hydrogen-bond donors (Lipinski definition) is 2. The first-order chi connectivity index (χ1) is 9.36. The molecule has 0 amide bonds. The van der Waals surface area contributed by atoms with Crippen LogP contribution in [-0.2, 0) is 19.0 Å². The number of nitrogens with one attached hydrogen (secondary N) is 1. The molecule has 0 aromatic carbocycles. The third kappa shape index (κ3) is 3.41. The van der Waals surface area contributed by atoms with E-state index in [9.17, 15) is 5.11 Å². The minimum atomic E-state index is 0.0697. The van der Waals surface area contributed by atoms with Crippen LogP contribution in [0.3, 0.4) is 0 Å². The van der Waals surface area contributed by atoms with Gasteiger partial charge in [-0.15, -0.1) is 0 Å². The Hall–Kier alpha value is -0.870. The maximum absolute atomic E-state index is 9.65. The summed E-state index contributed by atoms with van der Waals surface area (Å²) in [7, 11) is 1.98. The van der Waals surface area contributed by atoms with Crippen LogP contribution in [0.1, 0.15) is 57.7 Å². The van der Waals surface area contributed by atoms with Crippen molar-refractivity contribution in [2.45, 2.75) is 58.4 Å². The fourth-order valence-electron chi connectivity index (χ4n) is 3.28. The minimum absolute atomic E-state index is 0.0697. The maximum atomic E-state index is 9.65. The lowest BCUT2D eigenvalue weighted by atomic mass is 9.87. The number of aryl methyl sites for hydroxylation is 1. The van der Waals surface area contributed by atoms with Crippen molar-refractivity contribution in [1.29, 1.82) is 0 Å². The highest BCUT2D eigenvalue weighted by Gasteiger charge is 2.32. The molecule has 0 bridgehead atoms. The van der Waals surface area contributed by atoms with E-state index < -0.39 is 0 Å². The largest absolute Gasteiger partial charge is 0.396 e. The summed E-state index contributed by atoms with van der Waals surface area (Å²) in [4.78, 5) is 0. The summed E-state index contributed by atoms with van der Waals surface area (Å²) in [5.74, 6) is 0. The molecular formula is C16H29N3O. The molecule has 20 heavy (non-hydrogen) atoms. The molecule has 1 saturated carbocycles. The van der Waals surface area contributed by atoms with E-state index in [-0.39, 0.29) is 10.8 Å².